The number of aromatic nitrogens is 2. The molecule has 2 aromatic carbocycles. The minimum Gasteiger partial charge on any atom is -0.497 e. The normalized spacial score (nSPS) is 12.1. The molecule has 0 saturated heterocycles. The van der Waals surface area contributed by atoms with E-state index in [2.05, 4.69) is 57.7 Å². The van der Waals surface area contributed by atoms with E-state index in [-0.39, 0.29) is 5.91 Å². The highest BCUT2D eigenvalue weighted by Gasteiger charge is 2.25. The van der Waals surface area contributed by atoms with Gasteiger partial charge in [0.2, 0.25) is 0 Å². The number of para-hydroxylation sites is 1. The van der Waals surface area contributed by atoms with E-state index in [1.54, 1.807) is 7.11 Å². The van der Waals surface area contributed by atoms with Crippen molar-refractivity contribution in [3.8, 4) is 17.0 Å². The molecular weight excluding hydrogens is 376 g/mol. The van der Waals surface area contributed by atoms with Gasteiger partial charge in [0, 0.05) is 36.4 Å². The van der Waals surface area contributed by atoms with E-state index < -0.39 is 0 Å². The van der Waals surface area contributed by atoms with E-state index >= 15 is 0 Å². The molecule has 1 aromatic heterocycles. The number of anilines is 1. The zero-order valence-corrected chi connectivity index (χ0v) is 17.6. The summed E-state index contributed by atoms with van der Waals surface area (Å²) in [5.74, 6) is 0.769. The predicted molar refractivity (Wildman–Crippen MR) is 119 cm³/mol. The van der Waals surface area contributed by atoms with Crippen molar-refractivity contribution in [3.63, 3.8) is 0 Å². The van der Waals surface area contributed by atoms with Gasteiger partial charge in [-0.05, 0) is 62.1 Å². The molecule has 156 valence electrons. The van der Waals surface area contributed by atoms with E-state index in [0.29, 0.717) is 12.2 Å². The van der Waals surface area contributed by atoms with E-state index in [1.807, 2.05) is 18.2 Å². The standard InChI is InChI=1S/C24H28N4O2/c1-3-28(18-8-5-4-6-9-18)15-7-14-25-24(29)23-21-12-10-17-16-19(30-2)11-13-20(17)22(21)26-27-23/h4-6,8-9,11,13,16H,3,7,10,12,14-15H2,1-2H3,(H,25,29)(H,26,27). The van der Waals surface area contributed by atoms with Crippen LogP contribution < -0.4 is 15.0 Å². The maximum atomic E-state index is 12.8. The van der Waals surface area contributed by atoms with Gasteiger partial charge in [-0.15, -0.1) is 0 Å². The van der Waals surface area contributed by atoms with Crippen molar-refractivity contribution in [2.24, 2.45) is 0 Å². The number of aryl methyl sites for hydroxylation is 1. The molecule has 2 N–H and O–H groups in total. The summed E-state index contributed by atoms with van der Waals surface area (Å²) in [6.07, 6.45) is 2.56. The first-order chi connectivity index (χ1) is 14.7. The van der Waals surface area contributed by atoms with Crippen molar-refractivity contribution in [1.29, 1.82) is 0 Å². The minimum absolute atomic E-state index is 0.0801. The number of H-pyrrole nitrogens is 1. The Morgan fingerprint density at radius 1 is 1.20 bits per heavy atom. The first-order valence-corrected chi connectivity index (χ1v) is 10.5. The summed E-state index contributed by atoms with van der Waals surface area (Å²) in [5.41, 5.74) is 5.97. The maximum absolute atomic E-state index is 12.8. The van der Waals surface area contributed by atoms with E-state index in [9.17, 15) is 4.79 Å². The van der Waals surface area contributed by atoms with Crippen molar-refractivity contribution < 1.29 is 9.53 Å². The first kappa shape index (κ1) is 20.0. The Balaban J connectivity index is 1.37. The number of carbonyl (C=O) groups is 1. The third-order valence-electron chi connectivity index (χ3n) is 5.70. The maximum Gasteiger partial charge on any atom is 0.269 e. The molecule has 0 saturated carbocycles. The Bertz CT molecular complexity index is 1010. The molecule has 6 heteroatoms. The Hall–Kier alpha value is -3.28. The van der Waals surface area contributed by atoms with Crippen LogP contribution in [-0.2, 0) is 12.8 Å². The molecule has 0 aliphatic heterocycles. The number of fused-ring (bicyclic) bond motifs is 3. The van der Waals surface area contributed by atoms with E-state index in [1.165, 1.54) is 11.3 Å². The van der Waals surface area contributed by atoms with Gasteiger partial charge >= 0.3 is 0 Å². The molecule has 4 rings (SSSR count). The lowest BCUT2D eigenvalue weighted by Crippen LogP contribution is -2.30. The van der Waals surface area contributed by atoms with Gasteiger partial charge < -0.3 is 15.0 Å². The number of rotatable bonds is 8. The van der Waals surface area contributed by atoms with E-state index in [0.717, 1.165) is 54.9 Å². The molecule has 1 aliphatic rings. The molecule has 0 fully saturated rings. The van der Waals surface area contributed by atoms with Gasteiger partial charge in [0.15, 0.2) is 0 Å². The molecule has 30 heavy (non-hydrogen) atoms. The molecule has 3 aromatic rings. The fourth-order valence-electron chi connectivity index (χ4n) is 4.08. The SMILES string of the molecule is CCN(CCCNC(=O)c1[nH]nc2c1CCc1cc(OC)ccc1-2)c1ccccc1. The van der Waals surface area contributed by atoms with Crippen molar-refractivity contribution in [2.75, 3.05) is 31.6 Å². The van der Waals surface area contributed by atoms with Crippen LogP contribution in [0.4, 0.5) is 5.69 Å². The van der Waals surface area contributed by atoms with Gasteiger partial charge in [-0.1, -0.05) is 18.2 Å². The van der Waals surface area contributed by atoms with Crippen molar-refractivity contribution >= 4 is 11.6 Å². The number of amides is 1. The first-order valence-electron chi connectivity index (χ1n) is 10.5. The Morgan fingerprint density at radius 3 is 2.80 bits per heavy atom. The van der Waals surface area contributed by atoms with E-state index in [4.69, 9.17) is 4.74 Å². The summed E-state index contributed by atoms with van der Waals surface area (Å²) in [7, 11) is 1.67. The van der Waals surface area contributed by atoms with Gasteiger partial charge in [0.25, 0.3) is 5.91 Å². The lowest BCUT2D eigenvalue weighted by molar-refractivity contribution is 0.0947. The third kappa shape index (κ3) is 4.03. The third-order valence-corrected chi connectivity index (χ3v) is 5.70. The fourth-order valence-corrected chi connectivity index (χ4v) is 4.08. The van der Waals surface area contributed by atoms with Crippen LogP contribution >= 0.6 is 0 Å². The number of benzene rings is 2. The molecular formula is C24H28N4O2. The Morgan fingerprint density at radius 2 is 2.03 bits per heavy atom. The van der Waals surface area contributed by atoms with Crippen molar-refractivity contribution in [3.05, 3.63) is 65.4 Å². The fraction of sp³-hybridized carbons (Fsp3) is 0.333. The number of methoxy groups -OCH3 is 1. The average molecular weight is 405 g/mol. The van der Waals surface area contributed by atoms with Crippen LogP contribution in [0, 0.1) is 0 Å². The zero-order chi connectivity index (χ0) is 20.9. The van der Waals surface area contributed by atoms with Gasteiger partial charge in [-0.2, -0.15) is 5.10 Å². The number of carbonyl (C=O) groups excluding carboxylic acids is 1. The highest BCUT2D eigenvalue weighted by Crippen LogP contribution is 2.35. The van der Waals surface area contributed by atoms with Crippen molar-refractivity contribution in [1.82, 2.24) is 15.5 Å². The molecule has 6 nitrogen and oxygen atoms in total. The Labute approximate surface area is 177 Å². The predicted octanol–water partition coefficient (Wildman–Crippen LogP) is 3.83. The summed E-state index contributed by atoms with van der Waals surface area (Å²) in [4.78, 5) is 15.1. The second-order valence-electron chi connectivity index (χ2n) is 7.47. The molecule has 0 spiro atoms. The number of nitrogens with zero attached hydrogens (tertiary/aromatic N) is 2. The van der Waals surface area contributed by atoms with Gasteiger partial charge in [0.1, 0.15) is 11.4 Å². The molecule has 1 aliphatic carbocycles. The summed E-state index contributed by atoms with van der Waals surface area (Å²) in [6, 6.07) is 16.4. The molecule has 0 bridgehead atoms. The lowest BCUT2D eigenvalue weighted by Gasteiger charge is -2.23. The van der Waals surface area contributed by atoms with Crippen LogP contribution in [-0.4, -0.2) is 42.8 Å². The second kappa shape index (κ2) is 9.03. The topological polar surface area (TPSA) is 70.2 Å². The Kier molecular flexibility index (Phi) is 6.02. The number of hydrogen-bond donors (Lipinski definition) is 2. The molecule has 0 unspecified atom stereocenters. The van der Waals surface area contributed by atoms with Crippen LogP contribution in [0.15, 0.2) is 48.5 Å². The summed E-state index contributed by atoms with van der Waals surface area (Å²) < 4.78 is 5.32. The van der Waals surface area contributed by atoms with Crippen LogP contribution in [0.5, 0.6) is 5.75 Å². The van der Waals surface area contributed by atoms with Gasteiger partial charge in [-0.25, -0.2) is 0 Å². The van der Waals surface area contributed by atoms with Crippen molar-refractivity contribution in [2.45, 2.75) is 26.2 Å². The van der Waals surface area contributed by atoms with Crippen LogP contribution in [0.1, 0.15) is 35.0 Å². The summed E-state index contributed by atoms with van der Waals surface area (Å²) in [5, 5.41) is 10.5. The lowest BCUT2D eigenvalue weighted by atomic mass is 9.89. The smallest absolute Gasteiger partial charge is 0.269 e. The number of ether oxygens (including phenoxy) is 1. The van der Waals surface area contributed by atoms with Crippen LogP contribution in [0.3, 0.4) is 0 Å². The highest BCUT2D eigenvalue weighted by molar-refractivity contribution is 5.96. The second-order valence-corrected chi connectivity index (χ2v) is 7.47. The van der Waals surface area contributed by atoms with Crippen LogP contribution in [0.25, 0.3) is 11.3 Å². The number of aromatic amines is 1. The van der Waals surface area contributed by atoms with Crippen LogP contribution in [0.2, 0.25) is 0 Å². The molecule has 1 heterocycles. The summed E-state index contributed by atoms with van der Waals surface area (Å²) in [6.45, 7) is 4.62. The molecule has 0 radical (unpaired) electrons. The number of nitrogens with one attached hydrogen (secondary N) is 2. The zero-order valence-electron chi connectivity index (χ0n) is 17.6. The van der Waals surface area contributed by atoms with Gasteiger partial charge in [-0.3, -0.25) is 9.89 Å². The van der Waals surface area contributed by atoms with Gasteiger partial charge in [0.05, 0.1) is 12.8 Å². The largest absolute Gasteiger partial charge is 0.497 e. The molecule has 0 atom stereocenters. The minimum atomic E-state index is -0.0801. The highest BCUT2D eigenvalue weighted by atomic mass is 16.5. The molecule has 1 amide bonds. The quantitative estimate of drug-likeness (QED) is 0.560. The monoisotopic (exact) mass is 404 g/mol. The summed E-state index contributed by atoms with van der Waals surface area (Å²) >= 11 is 0. The number of hydrogen-bond acceptors (Lipinski definition) is 4. The average Bonchev–Trinajstić information content (AvgIpc) is 3.24.